The minimum absolute atomic E-state index is 0.132. The van der Waals surface area contributed by atoms with Crippen molar-refractivity contribution in [3.63, 3.8) is 0 Å². The van der Waals surface area contributed by atoms with Gasteiger partial charge in [0.25, 0.3) is 0 Å². The van der Waals surface area contributed by atoms with E-state index < -0.39 is 5.97 Å². The van der Waals surface area contributed by atoms with E-state index >= 15 is 0 Å². The molecule has 0 radical (unpaired) electrons. The first-order chi connectivity index (χ1) is 11.0. The van der Waals surface area contributed by atoms with Crippen molar-refractivity contribution in [1.82, 2.24) is 0 Å². The number of benzene rings is 2. The van der Waals surface area contributed by atoms with Crippen LogP contribution in [-0.4, -0.2) is 25.0 Å². The van der Waals surface area contributed by atoms with Gasteiger partial charge in [0.2, 0.25) is 0 Å². The van der Waals surface area contributed by atoms with Crippen LogP contribution in [0.5, 0.6) is 5.75 Å². The zero-order chi connectivity index (χ0) is 16.8. The van der Waals surface area contributed by atoms with Crippen LogP contribution in [0, 0.1) is 13.8 Å². The molecule has 0 aliphatic carbocycles. The average molecular weight is 312 g/mol. The molecule has 2 aromatic carbocycles. The van der Waals surface area contributed by atoms with Crippen molar-refractivity contribution >= 4 is 11.8 Å². The molecule has 0 atom stereocenters. The number of hydrogen-bond donors (Lipinski definition) is 0. The molecule has 4 heteroatoms. The lowest BCUT2D eigenvalue weighted by molar-refractivity contribution is -0.145. The Balaban J connectivity index is 2.26. The summed E-state index contributed by atoms with van der Waals surface area (Å²) < 4.78 is 10.3. The summed E-state index contributed by atoms with van der Waals surface area (Å²) >= 11 is 0. The average Bonchev–Trinajstić information content (AvgIpc) is 2.54. The van der Waals surface area contributed by atoms with Crippen molar-refractivity contribution in [3.8, 4) is 5.75 Å². The third-order valence-electron chi connectivity index (χ3n) is 3.34. The SMILES string of the molecule is CCOC(=O)COc1ccc(C)cc1C(=O)c1ccc(C)cc1. The van der Waals surface area contributed by atoms with Gasteiger partial charge in [-0.25, -0.2) is 4.79 Å². The molecule has 0 amide bonds. The van der Waals surface area contributed by atoms with Gasteiger partial charge in [-0.05, 0) is 32.9 Å². The number of hydrogen-bond acceptors (Lipinski definition) is 4. The fraction of sp³-hybridized carbons (Fsp3) is 0.263. The van der Waals surface area contributed by atoms with Crippen LogP contribution in [0.25, 0.3) is 0 Å². The van der Waals surface area contributed by atoms with Crippen LogP contribution < -0.4 is 4.74 Å². The third kappa shape index (κ3) is 4.42. The molecule has 0 saturated heterocycles. The van der Waals surface area contributed by atoms with Crippen LogP contribution in [0.15, 0.2) is 42.5 Å². The van der Waals surface area contributed by atoms with E-state index in [1.165, 1.54) is 0 Å². The summed E-state index contributed by atoms with van der Waals surface area (Å²) in [7, 11) is 0. The van der Waals surface area contributed by atoms with Gasteiger partial charge in [0.05, 0.1) is 12.2 Å². The highest BCUT2D eigenvalue weighted by Gasteiger charge is 2.16. The molecule has 0 bridgehead atoms. The van der Waals surface area contributed by atoms with Crippen molar-refractivity contribution in [2.24, 2.45) is 0 Å². The minimum atomic E-state index is -0.457. The van der Waals surface area contributed by atoms with E-state index in [9.17, 15) is 9.59 Å². The zero-order valence-electron chi connectivity index (χ0n) is 13.6. The fourth-order valence-electron chi connectivity index (χ4n) is 2.15. The van der Waals surface area contributed by atoms with E-state index in [-0.39, 0.29) is 12.4 Å². The smallest absolute Gasteiger partial charge is 0.344 e. The molecule has 0 fully saturated rings. The van der Waals surface area contributed by atoms with Crippen LogP contribution in [0.3, 0.4) is 0 Å². The molecule has 0 saturated carbocycles. The Kier molecular flexibility index (Phi) is 5.52. The summed E-state index contributed by atoms with van der Waals surface area (Å²) in [4.78, 5) is 24.1. The monoisotopic (exact) mass is 312 g/mol. The fourth-order valence-corrected chi connectivity index (χ4v) is 2.15. The van der Waals surface area contributed by atoms with Crippen LogP contribution in [-0.2, 0) is 9.53 Å². The van der Waals surface area contributed by atoms with E-state index in [2.05, 4.69) is 0 Å². The summed E-state index contributed by atoms with van der Waals surface area (Å²) in [6.07, 6.45) is 0. The second-order valence-electron chi connectivity index (χ2n) is 5.29. The number of carbonyl (C=O) groups is 2. The molecular formula is C19H20O4. The van der Waals surface area contributed by atoms with Crippen LogP contribution in [0.1, 0.15) is 34.0 Å². The standard InChI is InChI=1S/C19H20O4/c1-4-22-18(20)12-23-17-10-7-14(3)11-16(17)19(21)15-8-5-13(2)6-9-15/h5-11H,4,12H2,1-3H3. The minimum Gasteiger partial charge on any atom is -0.481 e. The molecule has 0 aliphatic heterocycles. The molecule has 0 unspecified atom stereocenters. The molecule has 4 nitrogen and oxygen atoms in total. The van der Waals surface area contributed by atoms with E-state index in [0.717, 1.165) is 11.1 Å². The molecule has 0 N–H and O–H groups in total. The Morgan fingerprint density at radius 2 is 1.61 bits per heavy atom. The first-order valence-electron chi connectivity index (χ1n) is 7.51. The summed E-state index contributed by atoms with van der Waals surface area (Å²) in [5, 5.41) is 0. The predicted molar refractivity (Wildman–Crippen MR) is 87.9 cm³/mol. The molecule has 2 rings (SSSR count). The van der Waals surface area contributed by atoms with Crippen molar-refractivity contribution in [2.45, 2.75) is 20.8 Å². The summed E-state index contributed by atoms with van der Waals surface area (Å²) in [6.45, 7) is 5.68. The number of aryl methyl sites for hydroxylation is 2. The van der Waals surface area contributed by atoms with Gasteiger partial charge in [0.1, 0.15) is 5.75 Å². The normalized spacial score (nSPS) is 10.2. The van der Waals surface area contributed by atoms with E-state index in [4.69, 9.17) is 9.47 Å². The zero-order valence-corrected chi connectivity index (χ0v) is 13.6. The van der Waals surface area contributed by atoms with Crippen LogP contribution >= 0.6 is 0 Å². The Bertz CT molecular complexity index is 702. The molecule has 23 heavy (non-hydrogen) atoms. The maximum atomic E-state index is 12.7. The number of ketones is 1. The van der Waals surface area contributed by atoms with Gasteiger partial charge < -0.3 is 9.47 Å². The second kappa shape index (κ2) is 7.58. The van der Waals surface area contributed by atoms with Gasteiger partial charge in [-0.2, -0.15) is 0 Å². The largest absolute Gasteiger partial charge is 0.481 e. The molecule has 0 spiro atoms. The van der Waals surface area contributed by atoms with Gasteiger partial charge >= 0.3 is 5.97 Å². The van der Waals surface area contributed by atoms with E-state index in [1.807, 2.05) is 32.0 Å². The first kappa shape index (κ1) is 16.7. The predicted octanol–water partition coefficient (Wildman–Crippen LogP) is 3.48. The van der Waals surface area contributed by atoms with Gasteiger partial charge in [0, 0.05) is 5.56 Å². The Labute approximate surface area is 136 Å². The van der Waals surface area contributed by atoms with E-state index in [1.54, 1.807) is 31.2 Å². The molecular weight excluding hydrogens is 292 g/mol. The molecule has 0 heterocycles. The molecule has 0 aliphatic rings. The number of esters is 1. The van der Waals surface area contributed by atoms with Crippen molar-refractivity contribution in [3.05, 3.63) is 64.7 Å². The van der Waals surface area contributed by atoms with Crippen molar-refractivity contribution < 1.29 is 19.1 Å². The van der Waals surface area contributed by atoms with E-state index in [0.29, 0.717) is 23.5 Å². The summed E-state index contributed by atoms with van der Waals surface area (Å²) in [5.74, 6) is -0.205. The number of ether oxygens (including phenoxy) is 2. The van der Waals surface area contributed by atoms with Crippen molar-refractivity contribution in [1.29, 1.82) is 0 Å². The number of carbonyl (C=O) groups excluding carboxylic acids is 2. The Morgan fingerprint density at radius 1 is 0.957 bits per heavy atom. The lowest BCUT2D eigenvalue weighted by Crippen LogP contribution is -2.16. The van der Waals surface area contributed by atoms with Gasteiger partial charge in [-0.3, -0.25) is 4.79 Å². The van der Waals surface area contributed by atoms with Crippen LogP contribution in [0.4, 0.5) is 0 Å². The van der Waals surface area contributed by atoms with Crippen molar-refractivity contribution in [2.75, 3.05) is 13.2 Å². The van der Waals surface area contributed by atoms with Crippen LogP contribution in [0.2, 0.25) is 0 Å². The third-order valence-corrected chi connectivity index (χ3v) is 3.34. The Morgan fingerprint density at radius 3 is 2.26 bits per heavy atom. The molecule has 120 valence electrons. The molecule has 2 aromatic rings. The first-order valence-corrected chi connectivity index (χ1v) is 7.51. The highest BCUT2D eigenvalue weighted by Crippen LogP contribution is 2.23. The second-order valence-corrected chi connectivity index (χ2v) is 5.29. The lowest BCUT2D eigenvalue weighted by atomic mass is 10.00. The highest BCUT2D eigenvalue weighted by molar-refractivity contribution is 6.10. The molecule has 0 aromatic heterocycles. The maximum absolute atomic E-state index is 12.7. The summed E-state index contributed by atoms with van der Waals surface area (Å²) in [6, 6.07) is 12.7. The summed E-state index contributed by atoms with van der Waals surface area (Å²) in [5.41, 5.74) is 3.06. The number of rotatable bonds is 6. The van der Waals surface area contributed by atoms with Gasteiger partial charge in [-0.15, -0.1) is 0 Å². The topological polar surface area (TPSA) is 52.6 Å². The highest BCUT2D eigenvalue weighted by atomic mass is 16.6. The Hall–Kier alpha value is -2.62. The maximum Gasteiger partial charge on any atom is 0.344 e. The van der Waals surface area contributed by atoms with Gasteiger partial charge in [-0.1, -0.05) is 41.5 Å². The quantitative estimate of drug-likeness (QED) is 0.605. The lowest BCUT2D eigenvalue weighted by Gasteiger charge is -2.11. The van der Waals surface area contributed by atoms with Gasteiger partial charge in [0.15, 0.2) is 12.4 Å².